The minimum absolute atomic E-state index is 0. The van der Waals surface area contributed by atoms with Crippen molar-refractivity contribution in [2.45, 2.75) is 39.7 Å². The highest BCUT2D eigenvalue weighted by atomic mass is 35.5. The van der Waals surface area contributed by atoms with Gasteiger partial charge in [-0.15, -0.1) is 12.4 Å². The number of hydrazone groups is 1. The van der Waals surface area contributed by atoms with Crippen molar-refractivity contribution in [3.63, 3.8) is 0 Å². The van der Waals surface area contributed by atoms with E-state index in [1.165, 1.54) is 5.71 Å². The van der Waals surface area contributed by atoms with Crippen molar-refractivity contribution in [2.24, 2.45) is 5.10 Å². The Balaban J connectivity index is 0.00000225. The average molecular weight is 362 g/mol. The fourth-order valence-electron chi connectivity index (χ4n) is 3.22. The lowest BCUT2D eigenvalue weighted by Gasteiger charge is -2.21. The van der Waals surface area contributed by atoms with Gasteiger partial charge in [-0.2, -0.15) is 5.10 Å². The molecule has 0 saturated heterocycles. The van der Waals surface area contributed by atoms with E-state index in [4.69, 9.17) is 9.52 Å². The molecule has 25 heavy (non-hydrogen) atoms. The average Bonchev–Trinajstić information content (AvgIpc) is 3.23. The molecule has 0 radical (unpaired) electrons. The van der Waals surface area contributed by atoms with Gasteiger partial charge in [0, 0.05) is 25.1 Å². The normalized spacial score (nSPS) is 16.9. The van der Waals surface area contributed by atoms with Crippen molar-refractivity contribution in [1.82, 2.24) is 4.90 Å². The summed E-state index contributed by atoms with van der Waals surface area (Å²) in [7, 11) is 0. The molecule has 2 heterocycles. The van der Waals surface area contributed by atoms with Crippen LogP contribution >= 0.6 is 12.4 Å². The molecule has 1 unspecified atom stereocenters. The molecule has 1 aromatic heterocycles. The molecule has 4 nitrogen and oxygen atoms in total. The Hall–Kier alpha value is -1.78. The van der Waals surface area contributed by atoms with Crippen LogP contribution in [0.1, 0.15) is 44.3 Å². The van der Waals surface area contributed by atoms with E-state index in [0.717, 1.165) is 49.7 Å². The number of para-hydroxylation sites is 1. The third-order valence-electron chi connectivity index (χ3n) is 4.69. The van der Waals surface area contributed by atoms with Crippen LogP contribution in [0.25, 0.3) is 0 Å². The first kappa shape index (κ1) is 19.5. The molecule has 0 saturated carbocycles. The molecule has 0 amide bonds. The maximum absolute atomic E-state index is 5.91. The fraction of sp³-hybridized carbons (Fsp3) is 0.450. The minimum Gasteiger partial charge on any atom is -0.464 e. The van der Waals surface area contributed by atoms with Gasteiger partial charge >= 0.3 is 0 Å². The van der Waals surface area contributed by atoms with E-state index in [0.29, 0.717) is 0 Å². The van der Waals surface area contributed by atoms with Crippen molar-refractivity contribution in [2.75, 3.05) is 24.6 Å². The van der Waals surface area contributed by atoms with E-state index < -0.39 is 0 Å². The highest BCUT2D eigenvalue weighted by Gasteiger charge is 2.31. The second-order valence-corrected chi connectivity index (χ2v) is 6.29. The SMILES string of the molecule is CCN(CC)CCC1=NN(c2ccccc2)C(c2ccc(C)o2)C1.Cl. The number of nitrogens with zero attached hydrogens (tertiary/aromatic N) is 3. The number of rotatable bonds is 7. The van der Waals surface area contributed by atoms with Crippen LogP contribution in [0.4, 0.5) is 5.69 Å². The van der Waals surface area contributed by atoms with Gasteiger partial charge in [0.25, 0.3) is 0 Å². The first-order chi connectivity index (χ1) is 11.7. The van der Waals surface area contributed by atoms with E-state index in [1.807, 2.05) is 19.1 Å². The fourth-order valence-corrected chi connectivity index (χ4v) is 3.22. The third kappa shape index (κ3) is 4.65. The molecular formula is C20H28ClN3O. The van der Waals surface area contributed by atoms with Gasteiger partial charge in [0.1, 0.15) is 17.6 Å². The molecular weight excluding hydrogens is 334 g/mol. The molecule has 0 fully saturated rings. The maximum Gasteiger partial charge on any atom is 0.129 e. The van der Waals surface area contributed by atoms with Gasteiger partial charge in [-0.25, -0.2) is 0 Å². The number of hydrogen-bond acceptors (Lipinski definition) is 4. The largest absolute Gasteiger partial charge is 0.464 e. The lowest BCUT2D eigenvalue weighted by molar-refractivity contribution is 0.313. The van der Waals surface area contributed by atoms with Crippen LogP contribution in [-0.4, -0.2) is 30.2 Å². The van der Waals surface area contributed by atoms with Gasteiger partial charge in [-0.1, -0.05) is 32.0 Å². The quantitative estimate of drug-likeness (QED) is 0.691. The number of hydrogen-bond donors (Lipinski definition) is 0. The minimum atomic E-state index is 0. The number of anilines is 1. The highest BCUT2D eigenvalue weighted by molar-refractivity contribution is 5.89. The lowest BCUT2D eigenvalue weighted by Crippen LogP contribution is -2.25. The van der Waals surface area contributed by atoms with Crippen LogP contribution in [0, 0.1) is 6.92 Å². The summed E-state index contributed by atoms with van der Waals surface area (Å²) in [5, 5.41) is 7.05. The Labute approximate surface area is 156 Å². The predicted octanol–water partition coefficient (Wildman–Crippen LogP) is 5.05. The molecule has 5 heteroatoms. The topological polar surface area (TPSA) is 32.0 Å². The van der Waals surface area contributed by atoms with Crippen LogP contribution in [0.2, 0.25) is 0 Å². The Kier molecular flexibility index (Phi) is 7.09. The van der Waals surface area contributed by atoms with Crippen LogP contribution in [-0.2, 0) is 0 Å². The van der Waals surface area contributed by atoms with Gasteiger partial charge < -0.3 is 9.32 Å². The summed E-state index contributed by atoms with van der Waals surface area (Å²) in [6, 6.07) is 14.7. The Morgan fingerprint density at radius 2 is 1.84 bits per heavy atom. The zero-order valence-electron chi connectivity index (χ0n) is 15.3. The van der Waals surface area contributed by atoms with E-state index in [9.17, 15) is 0 Å². The predicted molar refractivity (Wildman–Crippen MR) is 107 cm³/mol. The lowest BCUT2D eigenvalue weighted by atomic mass is 10.1. The van der Waals surface area contributed by atoms with E-state index in [-0.39, 0.29) is 18.4 Å². The summed E-state index contributed by atoms with van der Waals surface area (Å²) in [5.41, 5.74) is 2.37. The van der Waals surface area contributed by atoms with Crippen molar-refractivity contribution in [3.05, 3.63) is 54.0 Å². The van der Waals surface area contributed by atoms with Gasteiger partial charge in [0.2, 0.25) is 0 Å². The number of furan rings is 1. The van der Waals surface area contributed by atoms with Crippen molar-refractivity contribution < 1.29 is 4.42 Å². The molecule has 0 spiro atoms. The number of halogens is 1. The summed E-state index contributed by atoms with van der Waals surface area (Å²) in [6.07, 6.45) is 1.95. The van der Waals surface area contributed by atoms with Crippen molar-refractivity contribution in [1.29, 1.82) is 0 Å². The summed E-state index contributed by atoms with van der Waals surface area (Å²) < 4.78 is 5.91. The van der Waals surface area contributed by atoms with E-state index >= 15 is 0 Å². The summed E-state index contributed by atoms with van der Waals surface area (Å²) in [5.74, 6) is 1.95. The first-order valence-corrected chi connectivity index (χ1v) is 8.90. The summed E-state index contributed by atoms with van der Waals surface area (Å²) >= 11 is 0. The molecule has 0 bridgehead atoms. The zero-order chi connectivity index (χ0) is 16.9. The second kappa shape index (κ2) is 9.07. The Morgan fingerprint density at radius 3 is 2.44 bits per heavy atom. The maximum atomic E-state index is 5.91. The monoisotopic (exact) mass is 361 g/mol. The Morgan fingerprint density at radius 1 is 1.12 bits per heavy atom. The van der Waals surface area contributed by atoms with Crippen LogP contribution in [0.5, 0.6) is 0 Å². The van der Waals surface area contributed by atoms with Crippen molar-refractivity contribution in [3.8, 4) is 0 Å². The molecule has 1 atom stereocenters. The molecule has 0 aliphatic carbocycles. The van der Waals surface area contributed by atoms with E-state index in [1.54, 1.807) is 0 Å². The van der Waals surface area contributed by atoms with Gasteiger partial charge in [-0.05, 0) is 44.3 Å². The van der Waals surface area contributed by atoms with Crippen LogP contribution in [0.3, 0.4) is 0 Å². The standard InChI is InChI=1S/C20H27N3O.ClH/c1-4-22(5-2)14-13-17-15-19(20-12-11-16(3)24-20)23(21-17)18-9-7-6-8-10-18;/h6-12,19H,4-5,13-15H2,1-3H3;1H. The first-order valence-electron chi connectivity index (χ1n) is 8.90. The van der Waals surface area contributed by atoms with Gasteiger partial charge in [0.15, 0.2) is 0 Å². The number of aryl methyl sites for hydroxylation is 1. The van der Waals surface area contributed by atoms with Gasteiger partial charge in [-0.3, -0.25) is 5.01 Å². The molecule has 3 rings (SSSR count). The summed E-state index contributed by atoms with van der Waals surface area (Å²) in [4.78, 5) is 2.44. The summed E-state index contributed by atoms with van der Waals surface area (Å²) in [6.45, 7) is 9.67. The second-order valence-electron chi connectivity index (χ2n) is 6.29. The third-order valence-corrected chi connectivity index (χ3v) is 4.69. The molecule has 1 aliphatic rings. The molecule has 0 N–H and O–H groups in total. The van der Waals surface area contributed by atoms with Gasteiger partial charge in [0.05, 0.1) is 5.69 Å². The molecule has 1 aromatic carbocycles. The van der Waals surface area contributed by atoms with E-state index in [2.05, 4.69) is 54.1 Å². The van der Waals surface area contributed by atoms with Crippen molar-refractivity contribution >= 4 is 23.8 Å². The van der Waals surface area contributed by atoms with Crippen LogP contribution in [0.15, 0.2) is 52.0 Å². The smallest absolute Gasteiger partial charge is 0.129 e. The molecule has 1 aliphatic heterocycles. The Bertz CT molecular complexity index is 679. The molecule has 136 valence electrons. The number of benzene rings is 1. The molecule has 2 aromatic rings. The zero-order valence-corrected chi connectivity index (χ0v) is 16.1. The highest BCUT2D eigenvalue weighted by Crippen LogP contribution is 2.36. The van der Waals surface area contributed by atoms with Crippen LogP contribution < -0.4 is 5.01 Å².